The van der Waals surface area contributed by atoms with E-state index in [1.165, 1.54) is 4.31 Å². The van der Waals surface area contributed by atoms with Gasteiger partial charge >= 0.3 is 0 Å². The van der Waals surface area contributed by atoms with Crippen LogP contribution in [0.3, 0.4) is 0 Å². The van der Waals surface area contributed by atoms with Gasteiger partial charge in [-0.25, -0.2) is 0 Å². The molecule has 1 aliphatic heterocycles. The van der Waals surface area contributed by atoms with Gasteiger partial charge in [0.2, 0.25) is 0 Å². The second-order valence-corrected chi connectivity index (χ2v) is 8.81. The molecule has 1 N–H and O–H groups in total. The van der Waals surface area contributed by atoms with Crippen molar-refractivity contribution < 1.29 is 8.42 Å². The summed E-state index contributed by atoms with van der Waals surface area (Å²) in [6.07, 6.45) is 4.90. The van der Waals surface area contributed by atoms with E-state index in [-0.39, 0.29) is 5.92 Å². The van der Waals surface area contributed by atoms with Gasteiger partial charge in [-0.2, -0.15) is 22.1 Å². The van der Waals surface area contributed by atoms with E-state index in [4.69, 9.17) is 0 Å². The van der Waals surface area contributed by atoms with Gasteiger partial charge in [-0.3, -0.25) is 15.1 Å². The SMILES string of the molecule is Cc1n[nH]c(C)c1-c1nccnc1C[C@@H]1CCN(S(=O)(=O)N(C)C)C1. The maximum absolute atomic E-state index is 12.3. The molecule has 136 valence electrons. The van der Waals surface area contributed by atoms with Crippen LogP contribution in [-0.2, 0) is 16.6 Å². The monoisotopic (exact) mass is 364 g/mol. The minimum Gasteiger partial charge on any atom is -0.282 e. The minimum absolute atomic E-state index is 0.234. The van der Waals surface area contributed by atoms with Crippen LogP contribution in [0.5, 0.6) is 0 Å². The first-order valence-corrected chi connectivity index (χ1v) is 9.69. The molecule has 1 atom stereocenters. The van der Waals surface area contributed by atoms with Crippen molar-refractivity contribution in [2.45, 2.75) is 26.7 Å². The zero-order valence-electron chi connectivity index (χ0n) is 15.0. The number of aromatic nitrogens is 4. The summed E-state index contributed by atoms with van der Waals surface area (Å²) >= 11 is 0. The first-order valence-electron chi connectivity index (χ1n) is 8.30. The Labute approximate surface area is 148 Å². The number of hydrogen-bond donors (Lipinski definition) is 1. The van der Waals surface area contributed by atoms with E-state index in [0.717, 1.165) is 34.8 Å². The van der Waals surface area contributed by atoms with Crippen molar-refractivity contribution in [3.05, 3.63) is 29.5 Å². The molecule has 1 aliphatic rings. The fraction of sp³-hybridized carbons (Fsp3) is 0.562. The molecule has 0 radical (unpaired) electrons. The summed E-state index contributed by atoms with van der Waals surface area (Å²) in [5, 5.41) is 7.23. The van der Waals surface area contributed by atoms with Crippen molar-refractivity contribution in [2.24, 2.45) is 5.92 Å². The molecule has 2 aromatic rings. The largest absolute Gasteiger partial charge is 0.282 e. The Hall–Kier alpha value is -1.84. The first-order chi connectivity index (χ1) is 11.8. The Morgan fingerprint density at radius 1 is 1.28 bits per heavy atom. The summed E-state index contributed by atoms with van der Waals surface area (Å²) in [6, 6.07) is 0. The highest BCUT2D eigenvalue weighted by atomic mass is 32.2. The fourth-order valence-electron chi connectivity index (χ4n) is 3.30. The molecule has 3 heterocycles. The molecule has 2 aromatic heterocycles. The van der Waals surface area contributed by atoms with Gasteiger partial charge in [0.25, 0.3) is 10.2 Å². The van der Waals surface area contributed by atoms with Crippen molar-refractivity contribution >= 4 is 10.2 Å². The lowest BCUT2D eigenvalue weighted by atomic mass is 9.98. The van der Waals surface area contributed by atoms with Crippen LogP contribution < -0.4 is 0 Å². The van der Waals surface area contributed by atoms with Gasteiger partial charge in [-0.05, 0) is 32.6 Å². The predicted molar refractivity (Wildman–Crippen MR) is 95.1 cm³/mol. The third-order valence-corrected chi connectivity index (χ3v) is 6.56. The topological polar surface area (TPSA) is 95.1 Å². The van der Waals surface area contributed by atoms with Crippen LogP contribution in [0.15, 0.2) is 12.4 Å². The smallest absolute Gasteiger partial charge is 0.281 e. The fourth-order valence-corrected chi connectivity index (χ4v) is 4.50. The van der Waals surface area contributed by atoms with Crippen LogP contribution in [-0.4, -0.2) is 64.4 Å². The molecule has 0 aliphatic carbocycles. The molecule has 1 fully saturated rings. The van der Waals surface area contributed by atoms with E-state index in [9.17, 15) is 8.42 Å². The molecule has 0 spiro atoms. The summed E-state index contributed by atoms with van der Waals surface area (Å²) in [6.45, 7) is 4.97. The number of aryl methyl sites for hydroxylation is 2. The summed E-state index contributed by atoms with van der Waals surface area (Å²) in [7, 11) is -0.226. The molecule has 1 saturated heterocycles. The number of H-pyrrole nitrogens is 1. The highest BCUT2D eigenvalue weighted by molar-refractivity contribution is 7.86. The van der Waals surface area contributed by atoms with E-state index < -0.39 is 10.2 Å². The zero-order chi connectivity index (χ0) is 18.2. The van der Waals surface area contributed by atoms with E-state index in [0.29, 0.717) is 19.5 Å². The summed E-state index contributed by atoms with van der Waals surface area (Å²) in [5.74, 6) is 0.234. The normalized spacial score (nSPS) is 19.0. The van der Waals surface area contributed by atoms with Crippen LogP contribution in [0.1, 0.15) is 23.5 Å². The Balaban J connectivity index is 1.82. The third-order valence-electron chi connectivity index (χ3n) is 4.66. The van der Waals surface area contributed by atoms with Crippen molar-refractivity contribution in [1.29, 1.82) is 0 Å². The maximum atomic E-state index is 12.3. The van der Waals surface area contributed by atoms with E-state index in [2.05, 4.69) is 20.2 Å². The quantitative estimate of drug-likeness (QED) is 0.859. The average molecular weight is 364 g/mol. The van der Waals surface area contributed by atoms with Crippen LogP contribution >= 0.6 is 0 Å². The van der Waals surface area contributed by atoms with Gasteiger partial charge < -0.3 is 0 Å². The van der Waals surface area contributed by atoms with Crippen LogP contribution in [0.4, 0.5) is 0 Å². The molecule has 3 rings (SSSR count). The lowest BCUT2D eigenvalue weighted by Crippen LogP contribution is -2.38. The second-order valence-electron chi connectivity index (χ2n) is 6.67. The first kappa shape index (κ1) is 18.0. The number of aromatic amines is 1. The lowest BCUT2D eigenvalue weighted by Gasteiger charge is -2.21. The van der Waals surface area contributed by atoms with Crippen LogP contribution in [0, 0.1) is 19.8 Å². The Morgan fingerprint density at radius 3 is 2.64 bits per heavy atom. The second kappa shape index (κ2) is 6.81. The van der Waals surface area contributed by atoms with Crippen molar-refractivity contribution in [1.82, 2.24) is 28.8 Å². The van der Waals surface area contributed by atoms with Crippen molar-refractivity contribution in [3.8, 4) is 11.3 Å². The van der Waals surface area contributed by atoms with Crippen LogP contribution in [0.2, 0.25) is 0 Å². The highest BCUT2D eigenvalue weighted by Crippen LogP contribution is 2.29. The zero-order valence-corrected chi connectivity index (χ0v) is 15.8. The van der Waals surface area contributed by atoms with Gasteiger partial charge in [-0.15, -0.1) is 0 Å². The number of rotatable bonds is 5. The van der Waals surface area contributed by atoms with E-state index in [1.54, 1.807) is 30.8 Å². The van der Waals surface area contributed by atoms with Gasteiger partial charge in [0, 0.05) is 50.8 Å². The average Bonchev–Trinajstić information content (AvgIpc) is 3.16. The van der Waals surface area contributed by atoms with E-state index >= 15 is 0 Å². The molecular weight excluding hydrogens is 340 g/mol. The van der Waals surface area contributed by atoms with Gasteiger partial charge in [-0.1, -0.05) is 0 Å². The predicted octanol–water partition coefficient (Wildman–Crippen LogP) is 1.15. The number of nitrogens with one attached hydrogen (secondary N) is 1. The van der Waals surface area contributed by atoms with Crippen LogP contribution in [0.25, 0.3) is 11.3 Å². The van der Waals surface area contributed by atoms with Crippen molar-refractivity contribution in [2.75, 3.05) is 27.2 Å². The molecule has 0 aromatic carbocycles. The summed E-state index contributed by atoms with van der Waals surface area (Å²) < 4.78 is 27.4. The summed E-state index contributed by atoms with van der Waals surface area (Å²) in [4.78, 5) is 9.04. The molecule has 0 bridgehead atoms. The molecule has 9 heteroatoms. The van der Waals surface area contributed by atoms with Crippen molar-refractivity contribution in [3.63, 3.8) is 0 Å². The number of hydrogen-bond acceptors (Lipinski definition) is 5. The van der Waals surface area contributed by atoms with Gasteiger partial charge in [0.15, 0.2) is 0 Å². The van der Waals surface area contributed by atoms with E-state index in [1.807, 2.05) is 13.8 Å². The molecule has 0 unspecified atom stereocenters. The lowest BCUT2D eigenvalue weighted by molar-refractivity contribution is 0.409. The number of nitrogens with zero attached hydrogens (tertiary/aromatic N) is 5. The molecule has 25 heavy (non-hydrogen) atoms. The van der Waals surface area contributed by atoms with Gasteiger partial charge in [0.05, 0.1) is 17.1 Å². The Morgan fingerprint density at radius 2 is 2.00 bits per heavy atom. The maximum Gasteiger partial charge on any atom is 0.281 e. The third kappa shape index (κ3) is 3.44. The standard InChI is InChI=1S/C16H24N6O2S/c1-11-15(12(2)20-19-11)16-14(17-6-7-18-16)9-13-5-8-22(10-13)25(23,24)21(3)4/h6-7,13H,5,8-10H2,1-4H3,(H,19,20)/t13-/m0/s1. The minimum atomic E-state index is -3.35. The Kier molecular flexibility index (Phi) is 4.90. The molecular formula is C16H24N6O2S. The highest BCUT2D eigenvalue weighted by Gasteiger charge is 2.33. The van der Waals surface area contributed by atoms with Gasteiger partial charge in [0.1, 0.15) is 0 Å². The molecule has 0 amide bonds. The summed E-state index contributed by atoms with van der Waals surface area (Å²) in [5.41, 5.74) is 4.56. The Bertz CT molecular complexity index is 842. The molecule has 0 saturated carbocycles. The molecule has 8 nitrogen and oxygen atoms in total.